The van der Waals surface area contributed by atoms with E-state index in [4.69, 9.17) is 14.4 Å². The van der Waals surface area contributed by atoms with Gasteiger partial charge in [0.1, 0.15) is 11.2 Å². The molecule has 0 amide bonds. The number of nitrogens with zero attached hydrogens (tertiary/aromatic N) is 2. The Bertz CT molecular complexity index is 3230. The van der Waals surface area contributed by atoms with Gasteiger partial charge in [0, 0.05) is 32.8 Å². The van der Waals surface area contributed by atoms with Gasteiger partial charge >= 0.3 is 0 Å². The molecule has 3 heteroatoms. The lowest BCUT2D eigenvalue weighted by atomic mass is 9.89. The standard InChI is InChI=1S/C50H30N2O/c1-2-15-32(16-3-1)50-51-44(30-45(52-50)39-26-13-17-31-14-4-5-20-35(31)39)34-19-12-18-33(28-34)42-29-43-38-23-7-6-21-36(38)37-22-8-9-24-40(37)47(43)49-48(42)41-25-10-11-27-46(41)53-49/h1-30H. The van der Waals surface area contributed by atoms with Crippen LogP contribution in [-0.2, 0) is 0 Å². The van der Waals surface area contributed by atoms with Gasteiger partial charge in [-0.25, -0.2) is 9.97 Å². The summed E-state index contributed by atoms with van der Waals surface area (Å²) < 4.78 is 6.84. The monoisotopic (exact) mass is 674 g/mol. The van der Waals surface area contributed by atoms with Crippen LogP contribution in [0.3, 0.4) is 0 Å². The van der Waals surface area contributed by atoms with E-state index >= 15 is 0 Å². The molecule has 3 nitrogen and oxygen atoms in total. The first-order chi connectivity index (χ1) is 26.3. The number of furan rings is 1. The van der Waals surface area contributed by atoms with Crippen molar-refractivity contribution in [2.45, 2.75) is 0 Å². The van der Waals surface area contributed by atoms with Crippen molar-refractivity contribution in [3.8, 4) is 45.0 Å². The molecule has 0 spiro atoms. The summed E-state index contributed by atoms with van der Waals surface area (Å²) in [6.07, 6.45) is 0. The maximum absolute atomic E-state index is 6.84. The third-order valence-corrected chi connectivity index (χ3v) is 10.6. The van der Waals surface area contributed by atoms with Gasteiger partial charge in [0.15, 0.2) is 5.82 Å². The summed E-state index contributed by atoms with van der Waals surface area (Å²) >= 11 is 0. The molecule has 0 saturated carbocycles. The number of fused-ring (bicyclic) bond motifs is 11. The summed E-state index contributed by atoms with van der Waals surface area (Å²) in [6.45, 7) is 0. The van der Waals surface area contributed by atoms with E-state index in [0.29, 0.717) is 5.82 Å². The highest BCUT2D eigenvalue weighted by atomic mass is 16.3. The van der Waals surface area contributed by atoms with E-state index in [9.17, 15) is 0 Å². The van der Waals surface area contributed by atoms with Crippen LogP contribution in [0, 0.1) is 0 Å². The Hall–Kier alpha value is -7.10. The molecule has 11 aromatic rings. The Labute approximate surface area is 305 Å². The van der Waals surface area contributed by atoms with Crippen LogP contribution < -0.4 is 0 Å². The van der Waals surface area contributed by atoms with Gasteiger partial charge in [-0.1, -0.05) is 158 Å². The minimum absolute atomic E-state index is 0.698. The van der Waals surface area contributed by atoms with Crippen molar-refractivity contribution in [3.63, 3.8) is 0 Å². The van der Waals surface area contributed by atoms with Gasteiger partial charge in [0.05, 0.1) is 11.4 Å². The molecule has 0 fully saturated rings. The Balaban J connectivity index is 1.19. The number of aromatic nitrogens is 2. The zero-order valence-electron chi connectivity index (χ0n) is 28.6. The first kappa shape index (κ1) is 29.6. The van der Waals surface area contributed by atoms with Crippen LogP contribution in [-0.4, -0.2) is 9.97 Å². The predicted molar refractivity (Wildman–Crippen MR) is 221 cm³/mol. The lowest BCUT2D eigenvalue weighted by Crippen LogP contribution is -1.96. The van der Waals surface area contributed by atoms with Crippen LogP contribution in [0.1, 0.15) is 0 Å². The number of hydrogen-bond acceptors (Lipinski definition) is 3. The molecule has 11 rings (SSSR count). The van der Waals surface area contributed by atoms with E-state index in [1.807, 2.05) is 24.3 Å². The summed E-state index contributed by atoms with van der Waals surface area (Å²) in [6, 6.07) is 64.3. The molecule has 53 heavy (non-hydrogen) atoms. The molecule has 0 aliphatic heterocycles. The number of para-hydroxylation sites is 1. The molecule has 0 saturated heterocycles. The van der Waals surface area contributed by atoms with Gasteiger partial charge in [-0.3, -0.25) is 0 Å². The molecular weight excluding hydrogens is 645 g/mol. The second-order valence-corrected chi connectivity index (χ2v) is 13.7. The number of rotatable bonds is 4. The Morgan fingerprint density at radius 3 is 1.75 bits per heavy atom. The molecule has 0 bridgehead atoms. The number of hydrogen-bond donors (Lipinski definition) is 0. The fraction of sp³-hybridized carbons (Fsp3) is 0. The lowest BCUT2D eigenvalue weighted by Gasteiger charge is -2.14. The third kappa shape index (κ3) is 4.68. The van der Waals surface area contributed by atoms with Crippen molar-refractivity contribution in [2.75, 3.05) is 0 Å². The molecule has 0 radical (unpaired) electrons. The topological polar surface area (TPSA) is 38.9 Å². The highest BCUT2D eigenvalue weighted by Gasteiger charge is 2.21. The summed E-state index contributed by atoms with van der Waals surface area (Å²) in [4.78, 5) is 10.4. The van der Waals surface area contributed by atoms with Gasteiger partial charge in [-0.15, -0.1) is 0 Å². The fourth-order valence-electron chi connectivity index (χ4n) is 8.24. The largest absolute Gasteiger partial charge is 0.455 e. The normalized spacial score (nSPS) is 11.8. The minimum Gasteiger partial charge on any atom is -0.455 e. The average molecular weight is 675 g/mol. The molecular formula is C50H30N2O. The highest BCUT2D eigenvalue weighted by Crippen LogP contribution is 2.46. The maximum Gasteiger partial charge on any atom is 0.160 e. The SMILES string of the molecule is c1ccc(-c2nc(-c3cccc(-c4cc5c6ccccc6c6ccccc6c5c5oc6ccccc6c45)c3)cc(-c3cccc4ccccc34)n2)cc1. The average Bonchev–Trinajstić information content (AvgIpc) is 3.63. The van der Waals surface area contributed by atoms with E-state index < -0.39 is 0 Å². The molecule has 0 unspecified atom stereocenters. The third-order valence-electron chi connectivity index (χ3n) is 10.6. The van der Waals surface area contributed by atoms with Crippen LogP contribution in [0.5, 0.6) is 0 Å². The van der Waals surface area contributed by atoms with Crippen LogP contribution in [0.4, 0.5) is 0 Å². The van der Waals surface area contributed by atoms with Crippen molar-refractivity contribution < 1.29 is 4.42 Å². The van der Waals surface area contributed by atoms with Crippen LogP contribution in [0.2, 0.25) is 0 Å². The quantitative estimate of drug-likeness (QED) is 0.174. The second-order valence-electron chi connectivity index (χ2n) is 13.7. The van der Waals surface area contributed by atoms with Crippen molar-refractivity contribution in [3.05, 3.63) is 182 Å². The smallest absolute Gasteiger partial charge is 0.160 e. The van der Waals surface area contributed by atoms with Crippen molar-refractivity contribution in [1.29, 1.82) is 0 Å². The zero-order chi connectivity index (χ0) is 34.9. The van der Waals surface area contributed by atoms with Crippen LogP contribution >= 0.6 is 0 Å². The maximum atomic E-state index is 6.84. The lowest BCUT2D eigenvalue weighted by molar-refractivity contribution is 0.673. The van der Waals surface area contributed by atoms with Crippen molar-refractivity contribution in [1.82, 2.24) is 9.97 Å². The van der Waals surface area contributed by atoms with Gasteiger partial charge in [0.2, 0.25) is 0 Å². The van der Waals surface area contributed by atoms with E-state index in [1.165, 1.54) is 32.3 Å². The van der Waals surface area contributed by atoms with E-state index in [0.717, 1.165) is 71.9 Å². The Morgan fingerprint density at radius 1 is 0.340 bits per heavy atom. The van der Waals surface area contributed by atoms with Crippen LogP contribution in [0.15, 0.2) is 186 Å². The van der Waals surface area contributed by atoms with Gasteiger partial charge in [-0.2, -0.15) is 0 Å². The van der Waals surface area contributed by atoms with Gasteiger partial charge in [0.25, 0.3) is 0 Å². The molecule has 2 heterocycles. The van der Waals surface area contributed by atoms with E-state index in [1.54, 1.807) is 0 Å². The number of benzene rings is 9. The fourth-order valence-corrected chi connectivity index (χ4v) is 8.24. The van der Waals surface area contributed by atoms with Crippen molar-refractivity contribution >= 4 is 65.0 Å². The van der Waals surface area contributed by atoms with Gasteiger partial charge < -0.3 is 4.42 Å². The molecule has 0 aliphatic carbocycles. The van der Waals surface area contributed by atoms with Crippen molar-refractivity contribution in [2.24, 2.45) is 0 Å². The summed E-state index contributed by atoms with van der Waals surface area (Å²) in [5, 5.41) is 11.8. The van der Waals surface area contributed by atoms with E-state index in [2.05, 4.69) is 158 Å². The first-order valence-corrected chi connectivity index (χ1v) is 18.0. The van der Waals surface area contributed by atoms with Crippen LogP contribution in [0.25, 0.3) is 110 Å². The Kier molecular flexibility index (Phi) is 6.55. The molecule has 0 N–H and O–H groups in total. The van der Waals surface area contributed by atoms with Gasteiger partial charge in [-0.05, 0) is 73.1 Å². The highest BCUT2D eigenvalue weighted by molar-refractivity contribution is 6.34. The summed E-state index contributed by atoms with van der Waals surface area (Å²) in [7, 11) is 0. The molecule has 0 aliphatic rings. The molecule has 9 aromatic carbocycles. The first-order valence-electron chi connectivity index (χ1n) is 18.0. The summed E-state index contributed by atoms with van der Waals surface area (Å²) in [5.74, 6) is 0.698. The summed E-state index contributed by atoms with van der Waals surface area (Å²) in [5.41, 5.74) is 8.87. The molecule has 2 aromatic heterocycles. The predicted octanol–water partition coefficient (Wildman–Crippen LogP) is 13.7. The minimum atomic E-state index is 0.698. The zero-order valence-corrected chi connectivity index (χ0v) is 28.6. The molecule has 246 valence electrons. The molecule has 0 atom stereocenters. The Morgan fingerprint density at radius 2 is 0.925 bits per heavy atom. The second kappa shape index (κ2) is 11.7. The van der Waals surface area contributed by atoms with E-state index in [-0.39, 0.29) is 0 Å².